The first-order valence-electron chi connectivity index (χ1n) is 6.40. The molecule has 5 nitrogen and oxygen atoms in total. The van der Waals surface area contributed by atoms with Crippen LogP contribution < -0.4 is 5.32 Å². The smallest absolute Gasteiger partial charge is 0.127 e. The summed E-state index contributed by atoms with van der Waals surface area (Å²) in [6, 6.07) is 0.890. The number of likely N-dealkylation sites (N-methyl/N-ethyl adjacent to an activating group) is 1. The van der Waals surface area contributed by atoms with Crippen molar-refractivity contribution in [3.63, 3.8) is 0 Å². The van der Waals surface area contributed by atoms with E-state index in [-0.39, 0.29) is 0 Å². The van der Waals surface area contributed by atoms with E-state index in [1.807, 2.05) is 19.4 Å². The topological polar surface area (TPSA) is 36.3 Å². The fourth-order valence-electron chi connectivity index (χ4n) is 3.14. The highest BCUT2D eigenvalue weighted by molar-refractivity contribution is 5.06. The fraction of sp³-hybridized carbons (Fsp3) is 0.750. The second-order valence-electron chi connectivity index (χ2n) is 5.07. The minimum atomic E-state index is 0.332. The molecule has 0 saturated carbocycles. The minimum Gasteiger partial charge on any atom is -0.337 e. The van der Waals surface area contributed by atoms with Gasteiger partial charge in [-0.3, -0.25) is 9.80 Å². The lowest BCUT2D eigenvalue weighted by Gasteiger charge is -2.49. The average Bonchev–Trinajstić information content (AvgIpc) is 2.79. The maximum Gasteiger partial charge on any atom is 0.127 e. The Morgan fingerprint density at radius 2 is 2.12 bits per heavy atom. The van der Waals surface area contributed by atoms with E-state index in [1.165, 1.54) is 32.7 Å². The van der Waals surface area contributed by atoms with Crippen molar-refractivity contribution in [1.29, 1.82) is 0 Å². The fourth-order valence-corrected chi connectivity index (χ4v) is 3.14. The number of hydrogen-bond donors (Lipinski definition) is 1. The molecule has 17 heavy (non-hydrogen) atoms. The normalized spacial score (nSPS) is 33.9. The molecule has 5 heteroatoms. The van der Waals surface area contributed by atoms with Gasteiger partial charge in [0.05, 0.1) is 6.04 Å². The molecule has 0 spiro atoms. The van der Waals surface area contributed by atoms with Gasteiger partial charge in [-0.05, 0) is 7.05 Å². The summed E-state index contributed by atoms with van der Waals surface area (Å²) in [5.41, 5.74) is 0. The highest BCUT2D eigenvalue weighted by Crippen LogP contribution is 2.25. The Balaban J connectivity index is 1.84. The molecule has 2 atom stereocenters. The second kappa shape index (κ2) is 4.40. The van der Waals surface area contributed by atoms with E-state index in [4.69, 9.17) is 0 Å². The Morgan fingerprint density at radius 1 is 1.35 bits per heavy atom. The first-order valence-corrected chi connectivity index (χ1v) is 6.40. The Labute approximate surface area is 102 Å². The number of rotatable bonds is 3. The Kier molecular flexibility index (Phi) is 2.90. The zero-order chi connectivity index (χ0) is 11.8. The molecule has 2 bridgehead atoms. The van der Waals surface area contributed by atoms with Crippen molar-refractivity contribution < 1.29 is 0 Å². The number of aryl methyl sites for hydroxylation is 1. The molecule has 1 aromatic heterocycles. The van der Waals surface area contributed by atoms with Gasteiger partial charge in [0.15, 0.2) is 0 Å². The van der Waals surface area contributed by atoms with E-state index in [9.17, 15) is 0 Å². The van der Waals surface area contributed by atoms with E-state index in [0.717, 1.165) is 5.82 Å². The molecule has 3 fully saturated rings. The summed E-state index contributed by atoms with van der Waals surface area (Å²) >= 11 is 0. The van der Waals surface area contributed by atoms with Gasteiger partial charge in [0.2, 0.25) is 0 Å². The van der Waals surface area contributed by atoms with Gasteiger partial charge in [0.1, 0.15) is 5.82 Å². The van der Waals surface area contributed by atoms with Crippen molar-refractivity contribution in [2.24, 2.45) is 7.05 Å². The highest BCUT2D eigenvalue weighted by Gasteiger charge is 2.38. The van der Waals surface area contributed by atoms with Crippen molar-refractivity contribution in [3.05, 3.63) is 18.2 Å². The van der Waals surface area contributed by atoms with Gasteiger partial charge in [-0.15, -0.1) is 0 Å². The first-order chi connectivity index (χ1) is 8.29. The molecule has 2 unspecified atom stereocenters. The summed E-state index contributed by atoms with van der Waals surface area (Å²) in [4.78, 5) is 9.68. The summed E-state index contributed by atoms with van der Waals surface area (Å²) in [6.07, 6.45) is 3.91. The summed E-state index contributed by atoms with van der Waals surface area (Å²) in [7, 11) is 4.11. The van der Waals surface area contributed by atoms with Crippen molar-refractivity contribution >= 4 is 0 Å². The largest absolute Gasteiger partial charge is 0.337 e. The quantitative estimate of drug-likeness (QED) is 0.779. The molecule has 94 valence electrons. The van der Waals surface area contributed by atoms with Gasteiger partial charge in [0.25, 0.3) is 0 Å². The second-order valence-corrected chi connectivity index (χ2v) is 5.07. The third kappa shape index (κ3) is 1.88. The van der Waals surface area contributed by atoms with Crippen LogP contribution in [-0.4, -0.2) is 65.2 Å². The van der Waals surface area contributed by atoms with Gasteiger partial charge < -0.3 is 9.88 Å². The van der Waals surface area contributed by atoms with E-state index in [2.05, 4.69) is 31.7 Å². The maximum absolute atomic E-state index is 4.50. The van der Waals surface area contributed by atoms with Crippen molar-refractivity contribution in [3.8, 4) is 0 Å². The van der Waals surface area contributed by atoms with E-state index in [1.54, 1.807) is 0 Å². The summed E-state index contributed by atoms with van der Waals surface area (Å²) in [6.45, 7) is 6.03. The molecule has 0 aliphatic carbocycles. The standard InChI is InChI=1S/C12H21N5/c1-13-11(12-14-3-4-15(12)2)10-9-16-5-7-17(10)8-6-16/h3-4,10-11,13H,5-9H2,1-2H3. The van der Waals surface area contributed by atoms with Crippen LogP contribution in [0, 0.1) is 0 Å². The van der Waals surface area contributed by atoms with Crippen LogP contribution >= 0.6 is 0 Å². The highest BCUT2D eigenvalue weighted by atomic mass is 15.4. The van der Waals surface area contributed by atoms with Gasteiger partial charge in [-0.25, -0.2) is 4.98 Å². The van der Waals surface area contributed by atoms with E-state index in [0.29, 0.717) is 12.1 Å². The molecule has 4 heterocycles. The molecule has 3 aliphatic rings. The summed E-state index contributed by atoms with van der Waals surface area (Å²) in [5, 5.41) is 3.45. The molecule has 0 amide bonds. The van der Waals surface area contributed by atoms with E-state index < -0.39 is 0 Å². The maximum atomic E-state index is 4.50. The lowest BCUT2D eigenvalue weighted by Crippen LogP contribution is -2.64. The first kappa shape index (κ1) is 11.2. The number of nitrogens with zero attached hydrogens (tertiary/aromatic N) is 4. The third-order valence-corrected chi connectivity index (χ3v) is 4.15. The third-order valence-electron chi connectivity index (χ3n) is 4.15. The molecule has 0 aromatic carbocycles. The van der Waals surface area contributed by atoms with E-state index >= 15 is 0 Å². The van der Waals surface area contributed by atoms with Crippen LogP contribution in [0.15, 0.2) is 12.4 Å². The molecule has 1 aromatic rings. The molecular weight excluding hydrogens is 214 g/mol. The lowest BCUT2D eigenvalue weighted by atomic mass is 9.99. The number of aromatic nitrogens is 2. The number of nitrogens with one attached hydrogen (secondary N) is 1. The number of imidazole rings is 1. The van der Waals surface area contributed by atoms with Crippen LogP contribution in [0.4, 0.5) is 0 Å². The zero-order valence-electron chi connectivity index (χ0n) is 10.6. The van der Waals surface area contributed by atoms with Crippen LogP contribution in [0.2, 0.25) is 0 Å². The Bertz CT molecular complexity index is 380. The average molecular weight is 235 g/mol. The summed E-state index contributed by atoms with van der Waals surface area (Å²) in [5.74, 6) is 1.14. The van der Waals surface area contributed by atoms with Gasteiger partial charge in [-0.1, -0.05) is 0 Å². The van der Waals surface area contributed by atoms with Crippen molar-refractivity contribution in [2.45, 2.75) is 12.1 Å². The predicted molar refractivity (Wildman–Crippen MR) is 66.8 cm³/mol. The van der Waals surface area contributed by atoms with Crippen LogP contribution in [0.1, 0.15) is 11.9 Å². The monoisotopic (exact) mass is 235 g/mol. The van der Waals surface area contributed by atoms with Crippen LogP contribution in [0.5, 0.6) is 0 Å². The molecule has 0 radical (unpaired) electrons. The number of piperazine rings is 3. The summed E-state index contributed by atoms with van der Waals surface area (Å²) < 4.78 is 2.12. The number of fused-ring (bicyclic) bond motifs is 3. The minimum absolute atomic E-state index is 0.332. The SMILES string of the molecule is CNC(c1nccn1C)C1CN2CCN1CC2. The predicted octanol–water partition coefficient (Wildman–Crippen LogP) is -0.320. The van der Waals surface area contributed by atoms with Crippen molar-refractivity contribution in [2.75, 3.05) is 39.8 Å². The molecule has 3 aliphatic heterocycles. The molecule has 4 rings (SSSR count). The van der Waals surface area contributed by atoms with Gasteiger partial charge in [-0.2, -0.15) is 0 Å². The lowest BCUT2D eigenvalue weighted by molar-refractivity contribution is -0.00420. The van der Waals surface area contributed by atoms with Crippen LogP contribution in [0.25, 0.3) is 0 Å². The van der Waals surface area contributed by atoms with Crippen molar-refractivity contribution in [1.82, 2.24) is 24.7 Å². The van der Waals surface area contributed by atoms with Gasteiger partial charge in [0, 0.05) is 58.2 Å². The Morgan fingerprint density at radius 3 is 2.59 bits per heavy atom. The van der Waals surface area contributed by atoms with Crippen LogP contribution in [-0.2, 0) is 7.05 Å². The Hall–Kier alpha value is -0.910. The van der Waals surface area contributed by atoms with Crippen LogP contribution in [0.3, 0.4) is 0 Å². The molecular formula is C12H21N5. The van der Waals surface area contributed by atoms with Gasteiger partial charge >= 0.3 is 0 Å². The number of hydrogen-bond acceptors (Lipinski definition) is 4. The zero-order valence-corrected chi connectivity index (χ0v) is 10.6. The molecule has 3 saturated heterocycles. The molecule has 1 N–H and O–H groups in total.